The molecule has 0 radical (unpaired) electrons. The van der Waals surface area contributed by atoms with Crippen LogP contribution in [0.25, 0.3) is 10.8 Å². The molecule has 0 unspecified atom stereocenters. The largest absolute Gasteiger partial charge is 0.505 e. The molecule has 4 N–H and O–H groups in total. The highest BCUT2D eigenvalue weighted by Crippen LogP contribution is 2.39. The Kier molecular flexibility index (Phi) is 8.14. The Hall–Kier alpha value is -4.67. The average Bonchev–Trinajstić information content (AvgIpc) is 2.92. The van der Waals surface area contributed by atoms with Crippen molar-refractivity contribution in [3.05, 3.63) is 84.4 Å². The Morgan fingerprint density at radius 3 is 1.78 bits per heavy atom. The fourth-order valence-corrected chi connectivity index (χ4v) is 3.73. The van der Waals surface area contributed by atoms with E-state index in [4.69, 9.17) is 0 Å². The van der Waals surface area contributed by atoms with Gasteiger partial charge in [-0.15, -0.1) is 5.11 Å². The summed E-state index contributed by atoms with van der Waals surface area (Å²) >= 11 is 0. The van der Waals surface area contributed by atoms with Crippen molar-refractivity contribution in [1.82, 2.24) is 0 Å². The number of anilines is 1. The number of azo groups is 2. The van der Waals surface area contributed by atoms with E-state index in [1.807, 2.05) is 17.0 Å². The number of fused-ring (bicyclic) bond motifs is 1. The molecule has 0 aromatic heterocycles. The van der Waals surface area contributed by atoms with Crippen LogP contribution < -0.4 is 4.90 Å². The Balaban J connectivity index is 1.49. The molecule has 0 heterocycles. The molecule has 0 saturated heterocycles. The molecule has 10 nitrogen and oxygen atoms in total. The summed E-state index contributed by atoms with van der Waals surface area (Å²) in [6.45, 7) is 0.824. The molecule has 0 aliphatic carbocycles. The summed E-state index contributed by atoms with van der Waals surface area (Å²) in [7, 11) is 0. The zero-order valence-electron chi connectivity index (χ0n) is 19.8. The lowest BCUT2D eigenvalue weighted by atomic mass is 10.0. The lowest BCUT2D eigenvalue weighted by molar-refractivity contribution is 0.0694. The summed E-state index contributed by atoms with van der Waals surface area (Å²) in [4.78, 5) is 13.4. The van der Waals surface area contributed by atoms with Gasteiger partial charge < -0.3 is 25.3 Å². The molecule has 0 spiro atoms. The second-order valence-electron chi connectivity index (χ2n) is 8.01. The van der Waals surface area contributed by atoms with E-state index in [0.717, 1.165) is 5.69 Å². The third-order valence-electron chi connectivity index (χ3n) is 5.58. The first-order valence-electron chi connectivity index (χ1n) is 11.5. The number of aliphatic hydroxyl groups is 2. The number of rotatable bonds is 10. The number of benzene rings is 4. The highest BCUT2D eigenvalue weighted by molar-refractivity contribution is 6.04. The monoisotopic (exact) mass is 499 g/mol. The summed E-state index contributed by atoms with van der Waals surface area (Å²) in [6.07, 6.45) is 0. The van der Waals surface area contributed by atoms with Crippen molar-refractivity contribution in [2.45, 2.75) is 0 Å². The van der Waals surface area contributed by atoms with E-state index in [0.29, 0.717) is 40.9 Å². The molecule has 0 aliphatic heterocycles. The molecular formula is C27H25N5O5. The van der Waals surface area contributed by atoms with Crippen LogP contribution >= 0.6 is 0 Å². The van der Waals surface area contributed by atoms with Crippen molar-refractivity contribution in [1.29, 1.82) is 0 Å². The topological polar surface area (TPSA) is 151 Å². The van der Waals surface area contributed by atoms with Crippen LogP contribution in [0.4, 0.5) is 28.4 Å². The number of hydrogen-bond donors (Lipinski definition) is 4. The van der Waals surface area contributed by atoms with Crippen molar-refractivity contribution in [2.24, 2.45) is 20.5 Å². The van der Waals surface area contributed by atoms with Gasteiger partial charge in [0.05, 0.1) is 30.3 Å². The van der Waals surface area contributed by atoms with Crippen LogP contribution in [0.1, 0.15) is 10.4 Å². The normalized spacial score (nSPS) is 11.5. The van der Waals surface area contributed by atoms with Crippen molar-refractivity contribution in [2.75, 3.05) is 31.2 Å². The highest BCUT2D eigenvalue weighted by atomic mass is 16.4. The van der Waals surface area contributed by atoms with Crippen molar-refractivity contribution >= 4 is 45.2 Å². The Morgan fingerprint density at radius 2 is 1.24 bits per heavy atom. The molecule has 10 heteroatoms. The van der Waals surface area contributed by atoms with Gasteiger partial charge in [0, 0.05) is 24.2 Å². The Labute approximate surface area is 212 Å². The second kappa shape index (κ2) is 11.8. The first-order chi connectivity index (χ1) is 18.0. The molecule has 188 valence electrons. The number of nitrogens with zero attached hydrogens (tertiary/aromatic N) is 5. The van der Waals surface area contributed by atoms with Crippen molar-refractivity contribution in [3.8, 4) is 5.75 Å². The lowest BCUT2D eigenvalue weighted by Crippen LogP contribution is -2.29. The number of carboxylic acids is 1. The standard InChI is InChI=1S/C27H25N5O5/c33-15-13-32(14-16-34)22-11-9-21(10-12-22)29-28-19-5-7-20(8-6-19)30-31-25-23-4-2-1-3-18(23)17-24(26(25)35)27(36)37/h1-12,17,33-35H,13-16H2,(H,36,37). The molecule has 0 atom stereocenters. The number of aliphatic hydroxyl groups excluding tert-OH is 2. The van der Waals surface area contributed by atoms with Gasteiger partial charge in [-0.2, -0.15) is 15.3 Å². The van der Waals surface area contributed by atoms with Crippen LogP contribution in [0.2, 0.25) is 0 Å². The molecule has 0 amide bonds. The minimum absolute atomic E-state index is 0.0104. The van der Waals surface area contributed by atoms with Crippen LogP contribution in [0, 0.1) is 0 Å². The van der Waals surface area contributed by atoms with Gasteiger partial charge in [0.15, 0.2) is 5.75 Å². The molecule has 0 saturated carbocycles. The quantitative estimate of drug-likeness (QED) is 0.201. The van der Waals surface area contributed by atoms with Gasteiger partial charge in [-0.3, -0.25) is 0 Å². The van der Waals surface area contributed by atoms with Gasteiger partial charge in [-0.25, -0.2) is 4.79 Å². The zero-order chi connectivity index (χ0) is 26.2. The predicted octanol–water partition coefficient (Wildman–Crippen LogP) is 5.87. The number of hydrogen-bond acceptors (Lipinski definition) is 9. The first-order valence-corrected chi connectivity index (χ1v) is 11.5. The summed E-state index contributed by atoms with van der Waals surface area (Å²) in [5.41, 5.74) is 2.42. The molecule has 4 rings (SSSR count). The van der Waals surface area contributed by atoms with Gasteiger partial charge in [0.1, 0.15) is 11.3 Å². The minimum Gasteiger partial charge on any atom is -0.505 e. The SMILES string of the molecule is O=C(O)c1cc2ccccc2c(N=Nc2ccc(N=Nc3ccc(N(CCO)CCO)cc3)cc2)c1O. The molecule has 0 fully saturated rings. The number of phenols is 1. The zero-order valence-corrected chi connectivity index (χ0v) is 19.8. The number of carboxylic acid groups (broad SMARTS) is 1. The maximum absolute atomic E-state index is 11.5. The summed E-state index contributed by atoms with van der Waals surface area (Å²) in [5.74, 6) is -1.70. The van der Waals surface area contributed by atoms with E-state index >= 15 is 0 Å². The molecular weight excluding hydrogens is 474 g/mol. The maximum atomic E-state index is 11.5. The maximum Gasteiger partial charge on any atom is 0.339 e. The van der Waals surface area contributed by atoms with Gasteiger partial charge >= 0.3 is 5.97 Å². The van der Waals surface area contributed by atoms with Gasteiger partial charge in [-0.1, -0.05) is 24.3 Å². The third kappa shape index (κ3) is 6.13. The van der Waals surface area contributed by atoms with Gasteiger partial charge in [0.25, 0.3) is 0 Å². The predicted molar refractivity (Wildman–Crippen MR) is 140 cm³/mol. The van der Waals surface area contributed by atoms with Gasteiger partial charge in [0.2, 0.25) is 0 Å². The van der Waals surface area contributed by atoms with Crippen LogP contribution in [-0.2, 0) is 0 Å². The van der Waals surface area contributed by atoms with Crippen molar-refractivity contribution < 1.29 is 25.2 Å². The first kappa shape index (κ1) is 25.4. The Bertz CT molecular complexity index is 1430. The minimum atomic E-state index is -1.25. The van der Waals surface area contributed by atoms with Crippen LogP contribution in [0.15, 0.2) is 99.3 Å². The molecule has 0 aliphatic rings. The molecule has 4 aromatic rings. The van der Waals surface area contributed by atoms with E-state index in [-0.39, 0.29) is 24.5 Å². The van der Waals surface area contributed by atoms with E-state index in [1.165, 1.54) is 6.07 Å². The van der Waals surface area contributed by atoms with E-state index in [1.54, 1.807) is 60.7 Å². The molecule has 37 heavy (non-hydrogen) atoms. The number of aromatic hydroxyl groups is 1. The third-order valence-corrected chi connectivity index (χ3v) is 5.58. The Morgan fingerprint density at radius 1 is 0.730 bits per heavy atom. The van der Waals surface area contributed by atoms with E-state index in [9.17, 15) is 25.2 Å². The van der Waals surface area contributed by atoms with E-state index in [2.05, 4.69) is 20.5 Å². The summed E-state index contributed by atoms with van der Waals surface area (Å²) < 4.78 is 0. The van der Waals surface area contributed by atoms with E-state index < -0.39 is 11.7 Å². The fraction of sp³-hybridized carbons (Fsp3) is 0.148. The highest BCUT2D eigenvalue weighted by Gasteiger charge is 2.17. The summed E-state index contributed by atoms with van der Waals surface area (Å²) in [6, 6.07) is 22.5. The van der Waals surface area contributed by atoms with Crippen LogP contribution in [-0.4, -0.2) is 52.7 Å². The number of carbonyl (C=O) groups is 1. The van der Waals surface area contributed by atoms with Crippen LogP contribution in [0.3, 0.4) is 0 Å². The van der Waals surface area contributed by atoms with Gasteiger partial charge in [-0.05, 0) is 60.0 Å². The molecule has 4 aromatic carbocycles. The summed E-state index contributed by atoms with van der Waals surface area (Å²) in [5, 5.41) is 56.2. The number of aromatic carboxylic acids is 1. The molecule has 0 bridgehead atoms. The smallest absolute Gasteiger partial charge is 0.339 e. The van der Waals surface area contributed by atoms with Crippen LogP contribution in [0.5, 0.6) is 5.75 Å². The fourth-order valence-electron chi connectivity index (χ4n) is 3.73. The van der Waals surface area contributed by atoms with Crippen molar-refractivity contribution in [3.63, 3.8) is 0 Å². The lowest BCUT2D eigenvalue weighted by Gasteiger charge is -2.22. The average molecular weight is 500 g/mol. The second-order valence-corrected chi connectivity index (χ2v) is 8.01.